The second-order valence-electron chi connectivity index (χ2n) is 6.02. The Morgan fingerprint density at radius 1 is 1.00 bits per heavy atom. The molecule has 140 valence electrons. The highest BCUT2D eigenvalue weighted by atomic mass is 32.2. The fourth-order valence-electron chi connectivity index (χ4n) is 2.95. The molecule has 1 saturated heterocycles. The monoisotopic (exact) mass is 385 g/mol. The van der Waals surface area contributed by atoms with Gasteiger partial charge in [-0.05, 0) is 23.8 Å². The highest BCUT2D eigenvalue weighted by Crippen LogP contribution is 2.32. The molecule has 0 N–H and O–H groups in total. The van der Waals surface area contributed by atoms with E-state index in [1.165, 1.54) is 34.9 Å². The van der Waals surface area contributed by atoms with Crippen LogP contribution in [0.25, 0.3) is 0 Å². The van der Waals surface area contributed by atoms with E-state index in [1.54, 1.807) is 12.1 Å². The number of piperazine rings is 1. The van der Waals surface area contributed by atoms with Gasteiger partial charge in [0.15, 0.2) is 0 Å². The Kier molecular flexibility index (Phi) is 5.31. The second kappa shape index (κ2) is 7.34. The Balaban J connectivity index is 1.67. The molecule has 2 heterocycles. The number of rotatable bonds is 4. The third kappa shape index (κ3) is 4.05. The lowest BCUT2D eigenvalue weighted by Gasteiger charge is -2.34. The van der Waals surface area contributed by atoms with E-state index >= 15 is 0 Å². The zero-order valence-electron chi connectivity index (χ0n) is 13.9. The minimum Gasteiger partial charge on any atom is -0.296 e. The summed E-state index contributed by atoms with van der Waals surface area (Å²) >= 11 is 0. The van der Waals surface area contributed by atoms with Crippen molar-refractivity contribution in [3.8, 4) is 0 Å². The summed E-state index contributed by atoms with van der Waals surface area (Å²) in [5.41, 5.74) is -0.450. The van der Waals surface area contributed by atoms with Gasteiger partial charge in [-0.15, -0.1) is 0 Å². The number of aromatic nitrogens is 1. The SMILES string of the molecule is O=S(=O)(c1cccnc1)N1CCN(Cc2ccccc2C(F)(F)F)CC1. The molecule has 0 amide bonds. The van der Waals surface area contributed by atoms with Gasteiger partial charge in [0.05, 0.1) is 5.56 Å². The van der Waals surface area contributed by atoms with E-state index in [2.05, 4.69) is 4.98 Å². The largest absolute Gasteiger partial charge is 0.416 e. The van der Waals surface area contributed by atoms with Gasteiger partial charge < -0.3 is 0 Å². The quantitative estimate of drug-likeness (QED) is 0.812. The van der Waals surface area contributed by atoms with E-state index in [1.807, 2.05) is 4.90 Å². The predicted octanol–water partition coefficient (Wildman–Crippen LogP) is 2.61. The van der Waals surface area contributed by atoms with Crippen molar-refractivity contribution in [3.05, 3.63) is 59.9 Å². The van der Waals surface area contributed by atoms with E-state index in [4.69, 9.17) is 0 Å². The standard InChI is InChI=1S/C17H18F3N3O2S/c18-17(19,20)16-6-2-1-4-14(16)13-22-8-10-23(11-9-22)26(24,25)15-5-3-7-21-12-15/h1-7,12H,8-11,13H2. The molecule has 1 aromatic heterocycles. The smallest absolute Gasteiger partial charge is 0.296 e. The Hall–Kier alpha value is -1.97. The van der Waals surface area contributed by atoms with Crippen LogP contribution in [0.1, 0.15) is 11.1 Å². The predicted molar refractivity (Wildman–Crippen MR) is 89.7 cm³/mol. The second-order valence-corrected chi connectivity index (χ2v) is 7.96. The van der Waals surface area contributed by atoms with Crippen LogP contribution in [0.15, 0.2) is 53.7 Å². The zero-order valence-corrected chi connectivity index (χ0v) is 14.7. The van der Waals surface area contributed by atoms with Crippen LogP contribution in [0.5, 0.6) is 0 Å². The summed E-state index contributed by atoms with van der Waals surface area (Å²) in [5.74, 6) is 0. The third-order valence-electron chi connectivity index (χ3n) is 4.32. The van der Waals surface area contributed by atoms with Crippen LogP contribution in [0.2, 0.25) is 0 Å². The molecule has 9 heteroatoms. The number of sulfonamides is 1. The number of hydrogen-bond acceptors (Lipinski definition) is 4. The maximum atomic E-state index is 13.1. The first kappa shape index (κ1) is 18.8. The third-order valence-corrected chi connectivity index (χ3v) is 6.20. The van der Waals surface area contributed by atoms with Crippen LogP contribution in [0, 0.1) is 0 Å². The molecule has 5 nitrogen and oxygen atoms in total. The summed E-state index contributed by atoms with van der Waals surface area (Å²) in [6.45, 7) is 1.32. The Morgan fingerprint density at radius 3 is 2.31 bits per heavy atom. The summed E-state index contributed by atoms with van der Waals surface area (Å²) in [6.07, 6.45) is -1.61. The van der Waals surface area contributed by atoms with Crippen molar-refractivity contribution in [3.63, 3.8) is 0 Å². The van der Waals surface area contributed by atoms with E-state index < -0.39 is 21.8 Å². The van der Waals surface area contributed by atoms with Crippen LogP contribution in [-0.4, -0.2) is 48.8 Å². The first-order valence-electron chi connectivity index (χ1n) is 8.06. The van der Waals surface area contributed by atoms with Gasteiger partial charge in [0.25, 0.3) is 0 Å². The van der Waals surface area contributed by atoms with E-state index in [9.17, 15) is 21.6 Å². The van der Waals surface area contributed by atoms with Crippen molar-refractivity contribution in [2.75, 3.05) is 26.2 Å². The van der Waals surface area contributed by atoms with E-state index in [0.29, 0.717) is 13.1 Å². The van der Waals surface area contributed by atoms with Crippen molar-refractivity contribution in [1.29, 1.82) is 0 Å². The van der Waals surface area contributed by atoms with Crippen LogP contribution in [0.3, 0.4) is 0 Å². The van der Waals surface area contributed by atoms with Gasteiger partial charge in [-0.25, -0.2) is 8.42 Å². The lowest BCUT2D eigenvalue weighted by Crippen LogP contribution is -2.48. The Bertz CT molecular complexity index is 849. The molecule has 26 heavy (non-hydrogen) atoms. The van der Waals surface area contributed by atoms with Crippen LogP contribution >= 0.6 is 0 Å². The molecule has 3 rings (SSSR count). The highest BCUT2D eigenvalue weighted by Gasteiger charge is 2.34. The number of pyridine rings is 1. The molecule has 1 fully saturated rings. The number of halogens is 3. The maximum Gasteiger partial charge on any atom is 0.416 e. The molecule has 0 bridgehead atoms. The van der Waals surface area contributed by atoms with E-state index in [0.717, 1.165) is 6.07 Å². The summed E-state index contributed by atoms with van der Waals surface area (Å²) in [4.78, 5) is 5.78. The molecule has 0 unspecified atom stereocenters. The van der Waals surface area contributed by atoms with Crippen molar-refractivity contribution in [2.45, 2.75) is 17.6 Å². The number of nitrogens with zero attached hydrogens (tertiary/aromatic N) is 3. The summed E-state index contributed by atoms with van der Waals surface area (Å²) in [6, 6.07) is 8.50. The highest BCUT2D eigenvalue weighted by molar-refractivity contribution is 7.89. The van der Waals surface area contributed by atoms with E-state index in [-0.39, 0.29) is 30.1 Å². The Morgan fingerprint density at radius 2 is 1.69 bits per heavy atom. The normalized spacial score (nSPS) is 17.3. The molecule has 0 atom stereocenters. The van der Waals surface area contributed by atoms with Crippen molar-refractivity contribution in [2.24, 2.45) is 0 Å². The minimum absolute atomic E-state index is 0.121. The molecule has 1 aromatic carbocycles. The average Bonchev–Trinajstić information content (AvgIpc) is 2.62. The minimum atomic E-state index is -4.40. The number of hydrogen-bond donors (Lipinski definition) is 0. The molecule has 1 aliphatic heterocycles. The fourth-order valence-corrected chi connectivity index (χ4v) is 4.34. The van der Waals surface area contributed by atoms with Gasteiger partial charge in [0.1, 0.15) is 4.90 Å². The number of benzene rings is 1. The topological polar surface area (TPSA) is 53.5 Å². The van der Waals surface area contributed by atoms with Crippen molar-refractivity contribution in [1.82, 2.24) is 14.2 Å². The van der Waals surface area contributed by atoms with Crippen LogP contribution in [0.4, 0.5) is 13.2 Å². The number of alkyl halides is 3. The Labute approximate surface area is 150 Å². The lowest BCUT2D eigenvalue weighted by molar-refractivity contribution is -0.138. The van der Waals surface area contributed by atoms with Crippen LogP contribution < -0.4 is 0 Å². The molecule has 0 saturated carbocycles. The lowest BCUT2D eigenvalue weighted by atomic mass is 10.1. The summed E-state index contributed by atoms with van der Waals surface area (Å²) in [7, 11) is -3.63. The molecular formula is C17H18F3N3O2S. The van der Waals surface area contributed by atoms with Gasteiger partial charge in [-0.1, -0.05) is 18.2 Å². The molecule has 0 spiro atoms. The van der Waals surface area contributed by atoms with Gasteiger partial charge >= 0.3 is 6.18 Å². The zero-order chi connectivity index (χ0) is 18.8. The van der Waals surface area contributed by atoms with Gasteiger partial charge in [0.2, 0.25) is 10.0 Å². The van der Waals surface area contributed by atoms with Crippen LogP contribution in [-0.2, 0) is 22.7 Å². The molecular weight excluding hydrogens is 367 g/mol. The maximum absolute atomic E-state index is 13.1. The first-order valence-corrected chi connectivity index (χ1v) is 9.50. The first-order chi connectivity index (χ1) is 12.3. The summed E-state index contributed by atoms with van der Waals surface area (Å²) < 4.78 is 65.7. The molecule has 1 aliphatic rings. The average molecular weight is 385 g/mol. The summed E-state index contributed by atoms with van der Waals surface area (Å²) in [5, 5.41) is 0. The van der Waals surface area contributed by atoms with Gasteiger partial charge in [0, 0.05) is 45.1 Å². The van der Waals surface area contributed by atoms with Crippen molar-refractivity contribution < 1.29 is 21.6 Å². The van der Waals surface area contributed by atoms with Gasteiger partial charge in [-0.3, -0.25) is 9.88 Å². The molecule has 2 aromatic rings. The fraction of sp³-hybridized carbons (Fsp3) is 0.353. The molecule has 0 aliphatic carbocycles. The van der Waals surface area contributed by atoms with Gasteiger partial charge in [-0.2, -0.15) is 17.5 Å². The van der Waals surface area contributed by atoms with Crippen molar-refractivity contribution >= 4 is 10.0 Å². The molecule has 0 radical (unpaired) electrons.